The van der Waals surface area contributed by atoms with Crippen LogP contribution in [0.5, 0.6) is 5.75 Å². The van der Waals surface area contributed by atoms with E-state index in [0.29, 0.717) is 12.1 Å². The van der Waals surface area contributed by atoms with Crippen LogP contribution in [0, 0.1) is 6.92 Å². The summed E-state index contributed by atoms with van der Waals surface area (Å²) >= 11 is 0. The molecule has 3 heterocycles. The number of aryl methyl sites for hydroxylation is 1. The lowest BCUT2D eigenvalue weighted by atomic mass is 9.89. The summed E-state index contributed by atoms with van der Waals surface area (Å²) in [5, 5.41) is 6.95. The maximum absolute atomic E-state index is 13.3. The summed E-state index contributed by atoms with van der Waals surface area (Å²) in [6, 6.07) is 8.52. The highest BCUT2D eigenvalue weighted by molar-refractivity contribution is 6.00. The number of ether oxygens (including phenoxy) is 1. The van der Waals surface area contributed by atoms with Crippen LogP contribution in [0.3, 0.4) is 0 Å². The van der Waals surface area contributed by atoms with Gasteiger partial charge in [0.1, 0.15) is 22.6 Å². The third-order valence-corrected chi connectivity index (χ3v) is 4.78. The molecule has 0 aliphatic carbocycles. The highest BCUT2D eigenvalue weighted by atomic mass is 19.3. The van der Waals surface area contributed by atoms with Gasteiger partial charge in [0.25, 0.3) is 12.3 Å². The normalized spacial score (nSPS) is 18.0. The van der Waals surface area contributed by atoms with Gasteiger partial charge in [-0.25, -0.2) is 18.3 Å². The average molecular weight is 386 g/mol. The molecule has 0 saturated carbocycles. The third-order valence-electron chi connectivity index (χ3n) is 4.78. The molecule has 1 N–H and O–H groups in total. The van der Waals surface area contributed by atoms with Crippen molar-refractivity contribution in [2.24, 2.45) is 0 Å². The molecule has 0 saturated heterocycles. The molecule has 4 rings (SSSR count). The van der Waals surface area contributed by atoms with Crippen LogP contribution in [-0.4, -0.2) is 26.1 Å². The van der Waals surface area contributed by atoms with Crippen LogP contribution < -0.4 is 10.1 Å². The van der Waals surface area contributed by atoms with Crippen molar-refractivity contribution in [1.82, 2.24) is 19.9 Å². The number of amides is 1. The van der Waals surface area contributed by atoms with Gasteiger partial charge in [-0.15, -0.1) is 0 Å². The van der Waals surface area contributed by atoms with Crippen LogP contribution in [-0.2, 0) is 0 Å². The van der Waals surface area contributed by atoms with E-state index in [4.69, 9.17) is 4.74 Å². The lowest BCUT2D eigenvalue weighted by molar-refractivity contribution is 0.0620. The zero-order valence-corrected chi connectivity index (χ0v) is 15.7. The smallest absolute Gasteiger partial charge is 0.280 e. The number of halogens is 2. The monoisotopic (exact) mass is 386 g/mol. The zero-order valence-electron chi connectivity index (χ0n) is 15.7. The number of hydrogen-bond acceptors (Lipinski definition) is 4. The average Bonchev–Trinajstić information content (AvgIpc) is 3.03. The highest BCUT2D eigenvalue weighted by Crippen LogP contribution is 2.39. The molecule has 0 radical (unpaired) electrons. The SMILES string of the molecule is Cc1cc(C(F)F)n2ncc(C(=O)NC3CC(C)(C)Oc4ccccc43)c2n1. The molecule has 1 atom stereocenters. The van der Waals surface area contributed by atoms with Crippen molar-refractivity contribution in [2.75, 3.05) is 0 Å². The van der Waals surface area contributed by atoms with Gasteiger partial charge in [0.2, 0.25) is 0 Å². The first-order valence-corrected chi connectivity index (χ1v) is 8.97. The van der Waals surface area contributed by atoms with E-state index < -0.39 is 17.9 Å². The number of alkyl halides is 2. The number of nitrogens with one attached hydrogen (secondary N) is 1. The van der Waals surface area contributed by atoms with Gasteiger partial charge in [-0.3, -0.25) is 4.79 Å². The first kappa shape index (κ1) is 18.3. The summed E-state index contributed by atoms with van der Waals surface area (Å²) < 4.78 is 33.6. The van der Waals surface area contributed by atoms with Gasteiger partial charge in [-0.05, 0) is 32.9 Å². The Balaban J connectivity index is 1.70. The van der Waals surface area contributed by atoms with Crippen LogP contribution in [0.1, 0.15) is 60.0 Å². The van der Waals surface area contributed by atoms with Crippen LogP contribution in [0.25, 0.3) is 5.65 Å². The first-order chi connectivity index (χ1) is 13.2. The molecule has 1 aromatic carbocycles. The second-order valence-electron chi connectivity index (χ2n) is 7.55. The number of benzene rings is 1. The summed E-state index contributed by atoms with van der Waals surface area (Å²) in [6.07, 6.45) is -0.869. The lowest BCUT2D eigenvalue weighted by Crippen LogP contribution is -2.41. The molecule has 1 aliphatic rings. The number of aromatic nitrogens is 3. The van der Waals surface area contributed by atoms with Gasteiger partial charge in [0, 0.05) is 17.7 Å². The van der Waals surface area contributed by atoms with Crippen LogP contribution in [0.2, 0.25) is 0 Å². The predicted molar refractivity (Wildman–Crippen MR) is 98.7 cm³/mol. The molecule has 0 bridgehead atoms. The molecule has 1 amide bonds. The van der Waals surface area contributed by atoms with Crippen LogP contribution in [0.4, 0.5) is 8.78 Å². The molecule has 146 valence electrons. The van der Waals surface area contributed by atoms with Gasteiger partial charge in [-0.1, -0.05) is 18.2 Å². The Bertz CT molecular complexity index is 1060. The number of carbonyl (C=O) groups is 1. The molecule has 0 spiro atoms. The van der Waals surface area contributed by atoms with E-state index in [1.807, 2.05) is 38.1 Å². The van der Waals surface area contributed by atoms with Crippen molar-refractivity contribution < 1.29 is 18.3 Å². The fourth-order valence-electron chi connectivity index (χ4n) is 3.60. The molecule has 3 aromatic rings. The summed E-state index contributed by atoms with van der Waals surface area (Å²) in [6.45, 7) is 5.52. The van der Waals surface area contributed by atoms with Crippen molar-refractivity contribution in [3.8, 4) is 5.75 Å². The maximum atomic E-state index is 13.3. The minimum absolute atomic E-state index is 0.118. The van der Waals surface area contributed by atoms with Crippen LogP contribution >= 0.6 is 0 Å². The molecule has 1 aliphatic heterocycles. The number of nitrogens with zero attached hydrogens (tertiary/aromatic N) is 3. The van der Waals surface area contributed by atoms with Crippen molar-refractivity contribution in [3.05, 3.63) is 59.0 Å². The highest BCUT2D eigenvalue weighted by Gasteiger charge is 2.35. The van der Waals surface area contributed by atoms with E-state index in [-0.39, 0.29) is 22.9 Å². The first-order valence-electron chi connectivity index (χ1n) is 8.97. The zero-order chi connectivity index (χ0) is 20.1. The fourth-order valence-corrected chi connectivity index (χ4v) is 3.60. The molecule has 0 fully saturated rings. The Hall–Kier alpha value is -3.03. The molecule has 8 heteroatoms. The number of hydrogen-bond donors (Lipinski definition) is 1. The Labute approximate surface area is 160 Å². The third kappa shape index (κ3) is 3.19. The van der Waals surface area contributed by atoms with Crippen molar-refractivity contribution in [3.63, 3.8) is 0 Å². The molecular formula is C20H20F2N4O2. The van der Waals surface area contributed by atoms with Crippen molar-refractivity contribution in [2.45, 2.75) is 45.3 Å². The quantitative estimate of drug-likeness (QED) is 0.739. The molecular weight excluding hydrogens is 366 g/mol. The van der Waals surface area contributed by atoms with Gasteiger partial charge in [0.05, 0.1) is 12.2 Å². The predicted octanol–water partition coefficient (Wildman–Crippen LogP) is 4.01. The Morgan fingerprint density at radius 3 is 2.86 bits per heavy atom. The van der Waals surface area contributed by atoms with Gasteiger partial charge in [-0.2, -0.15) is 5.10 Å². The van der Waals surface area contributed by atoms with Gasteiger partial charge in [0.15, 0.2) is 5.65 Å². The standard InChI is InChI=1S/C20H20F2N4O2/c1-11-8-15(17(21)22)26-18(24-11)13(10-23-26)19(27)25-14-9-20(2,3)28-16-7-5-4-6-12(14)16/h4-8,10,14,17H,9H2,1-3H3,(H,25,27). The molecule has 28 heavy (non-hydrogen) atoms. The largest absolute Gasteiger partial charge is 0.487 e. The topological polar surface area (TPSA) is 68.5 Å². The Morgan fingerprint density at radius 1 is 1.36 bits per heavy atom. The van der Waals surface area contributed by atoms with E-state index in [0.717, 1.165) is 15.8 Å². The number of fused-ring (bicyclic) bond motifs is 2. The van der Waals surface area contributed by atoms with E-state index in [1.165, 1.54) is 12.3 Å². The lowest BCUT2D eigenvalue weighted by Gasteiger charge is -2.37. The minimum Gasteiger partial charge on any atom is -0.487 e. The Kier molecular flexibility index (Phi) is 4.28. The van der Waals surface area contributed by atoms with E-state index in [1.54, 1.807) is 6.92 Å². The van der Waals surface area contributed by atoms with Gasteiger partial charge >= 0.3 is 0 Å². The maximum Gasteiger partial charge on any atom is 0.280 e. The summed E-state index contributed by atoms with van der Waals surface area (Å²) in [5.74, 6) is 0.309. The second-order valence-corrected chi connectivity index (χ2v) is 7.55. The minimum atomic E-state index is -2.72. The number of rotatable bonds is 3. The van der Waals surface area contributed by atoms with E-state index in [9.17, 15) is 13.6 Å². The Morgan fingerprint density at radius 2 is 2.11 bits per heavy atom. The molecule has 6 nitrogen and oxygen atoms in total. The fraction of sp³-hybridized carbons (Fsp3) is 0.350. The van der Waals surface area contributed by atoms with E-state index in [2.05, 4.69) is 15.4 Å². The number of para-hydroxylation sites is 1. The number of carbonyl (C=O) groups excluding carboxylic acids is 1. The molecule has 2 aromatic heterocycles. The summed E-state index contributed by atoms with van der Waals surface area (Å²) in [7, 11) is 0. The van der Waals surface area contributed by atoms with Crippen molar-refractivity contribution >= 4 is 11.6 Å². The summed E-state index contributed by atoms with van der Waals surface area (Å²) in [4.78, 5) is 17.2. The molecule has 1 unspecified atom stereocenters. The van der Waals surface area contributed by atoms with Crippen LogP contribution in [0.15, 0.2) is 36.5 Å². The summed E-state index contributed by atoms with van der Waals surface area (Å²) in [5.41, 5.74) is 0.809. The van der Waals surface area contributed by atoms with E-state index >= 15 is 0 Å². The second kappa shape index (κ2) is 6.54. The van der Waals surface area contributed by atoms with Crippen molar-refractivity contribution in [1.29, 1.82) is 0 Å². The van der Waals surface area contributed by atoms with Gasteiger partial charge < -0.3 is 10.1 Å².